The first-order valence-electron chi connectivity index (χ1n) is 10.8. The quantitative estimate of drug-likeness (QED) is 0.502. The van der Waals surface area contributed by atoms with Gasteiger partial charge >= 0.3 is 0 Å². The number of pyridine rings is 1. The predicted octanol–water partition coefficient (Wildman–Crippen LogP) is 3.64. The molecule has 0 unspecified atom stereocenters. The zero-order valence-electron chi connectivity index (χ0n) is 18.1. The highest BCUT2D eigenvalue weighted by atomic mass is 19.1. The zero-order chi connectivity index (χ0) is 22.3. The number of piperidine rings is 1. The lowest BCUT2D eigenvalue weighted by atomic mass is 9.74. The molecule has 0 bridgehead atoms. The van der Waals surface area contributed by atoms with Gasteiger partial charge in [0.1, 0.15) is 11.6 Å². The van der Waals surface area contributed by atoms with Gasteiger partial charge in [-0.3, -0.25) is 9.78 Å². The van der Waals surface area contributed by atoms with E-state index in [0.29, 0.717) is 34.8 Å². The minimum atomic E-state index is -0.306. The molecule has 1 atom stereocenters. The number of nitrogens with zero attached hydrogens (tertiary/aromatic N) is 1. The van der Waals surface area contributed by atoms with Gasteiger partial charge in [0.05, 0.1) is 30.3 Å². The number of methoxy groups -OCH3 is 1. The second kappa shape index (κ2) is 7.94. The summed E-state index contributed by atoms with van der Waals surface area (Å²) in [6.45, 7) is 4.02. The Kier molecular flexibility index (Phi) is 5.09. The average Bonchev–Trinajstić information content (AvgIpc) is 3.21. The van der Waals surface area contributed by atoms with Gasteiger partial charge in [-0.2, -0.15) is 0 Å². The number of hydrogen-bond donors (Lipinski definition) is 4. The van der Waals surface area contributed by atoms with Crippen molar-refractivity contribution in [1.82, 2.24) is 20.6 Å². The molecule has 3 aromatic rings. The molecule has 1 fully saturated rings. The second-order valence-corrected chi connectivity index (χ2v) is 8.48. The molecule has 5 rings (SSSR count). The van der Waals surface area contributed by atoms with Crippen LogP contribution in [0.3, 0.4) is 0 Å². The van der Waals surface area contributed by atoms with E-state index in [1.54, 1.807) is 32.5 Å². The molecule has 2 aliphatic heterocycles. The van der Waals surface area contributed by atoms with Crippen LogP contribution in [0.5, 0.6) is 5.75 Å². The molecule has 1 aromatic carbocycles. The predicted molar refractivity (Wildman–Crippen MR) is 121 cm³/mol. The van der Waals surface area contributed by atoms with Crippen molar-refractivity contribution >= 4 is 17.3 Å². The van der Waals surface area contributed by atoms with Crippen molar-refractivity contribution in [3.8, 4) is 17.0 Å². The number of hydrogen-bond acceptors (Lipinski definition) is 5. The fourth-order valence-electron chi connectivity index (χ4n) is 4.84. The molecule has 8 heteroatoms. The van der Waals surface area contributed by atoms with E-state index in [4.69, 9.17) is 4.74 Å². The lowest BCUT2D eigenvalue weighted by molar-refractivity contribution is 0.0916. The van der Waals surface area contributed by atoms with Crippen LogP contribution in [0, 0.1) is 12.7 Å². The van der Waals surface area contributed by atoms with Gasteiger partial charge in [-0.05, 0) is 44.5 Å². The standard InChI is InChI=1S/C24H26FN5O2/c1-14-16(25)5-3-6-17(14)29-21-19-22(24(13-28-23(19)31)8-4-9-27-12-24)30-20(21)15-7-10-26-11-18(15)32-2/h3,5-7,10-11,27,29-30H,4,8-9,12-13H2,1-2H3,(H,28,31)/t24-/m1/s1. The molecule has 1 saturated heterocycles. The van der Waals surface area contributed by atoms with Crippen LogP contribution in [0.2, 0.25) is 0 Å². The Morgan fingerprint density at radius 2 is 2.12 bits per heavy atom. The fourth-order valence-corrected chi connectivity index (χ4v) is 4.84. The third kappa shape index (κ3) is 3.22. The van der Waals surface area contributed by atoms with Gasteiger partial charge in [-0.15, -0.1) is 0 Å². The number of aromatic nitrogens is 2. The molecule has 0 aliphatic carbocycles. The highest BCUT2D eigenvalue weighted by molar-refractivity contribution is 6.07. The van der Waals surface area contributed by atoms with Crippen LogP contribution in [-0.2, 0) is 5.41 Å². The smallest absolute Gasteiger partial charge is 0.255 e. The van der Waals surface area contributed by atoms with E-state index in [0.717, 1.165) is 42.9 Å². The lowest BCUT2D eigenvalue weighted by Crippen LogP contribution is -2.54. The van der Waals surface area contributed by atoms with E-state index in [-0.39, 0.29) is 17.1 Å². The van der Waals surface area contributed by atoms with E-state index < -0.39 is 0 Å². The summed E-state index contributed by atoms with van der Waals surface area (Å²) >= 11 is 0. The number of nitrogens with one attached hydrogen (secondary N) is 4. The summed E-state index contributed by atoms with van der Waals surface area (Å²) in [4.78, 5) is 20.9. The number of fused-ring (bicyclic) bond motifs is 2. The number of anilines is 2. The monoisotopic (exact) mass is 435 g/mol. The Morgan fingerprint density at radius 1 is 1.25 bits per heavy atom. The Hall–Kier alpha value is -3.39. The van der Waals surface area contributed by atoms with Crippen molar-refractivity contribution in [2.24, 2.45) is 0 Å². The van der Waals surface area contributed by atoms with Gasteiger partial charge in [0.25, 0.3) is 5.91 Å². The largest absolute Gasteiger partial charge is 0.494 e. The summed E-state index contributed by atoms with van der Waals surface area (Å²) in [5, 5.41) is 9.93. The van der Waals surface area contributed by atoms with Crippen molar-refractivity contribution in [2.75, 3.05) is 32.1 Å². The zero-order valence-corrected chi connectivity index (χ0v) is 18.1. The summed E-state index contributed by atoms with van der Waals surface area (Å²) in [5.41, 5.74) is 4.44. The van der Waals surface area contributed by atoms with Crippen molar-refractivity contribution in [3.05, 3.63) is 59.3 Å². The highest BCUT2D eigenvalue weighted by Crippen LogP contribution is 2.45. The van der Waals surface area contributed by atoms with Gasteiger partial charge in [0, 0.05) is 47.2 Å². The number of aromatic amines is 1. The Morgan fingerprint density at radius 3 is 2.91 bits per heavy atom. The van der Waals surface area contributed by atoms with E-state index >= 15 is 0 Å². The molecule has 2 aromatic heterocycles. The number of rotatable bonds is 4. The van der Waals surface area contributed by atoms with Gasteiger partial charge in [-0.25, -0.2) is 4.39 Å². The summed E-state index contributed by atoms with van der Waals surface area (Å²) in [5.74, 6) is 0.129. The Balaban J connectivity index is 1.75. The fraction of sp³-hybridized carbons (Fsp3) is 0.333. The van der Waals surface area contributed by atoms with Crippen molar-refractivity contribution in [3.63, 3.8) is 0 Å². The topological polar surface area (TPSA) is 91.1 Å². The SMILES string of the molecule is COc1cnccc1-c1[nH]c2c(c1Nc1cccc(F)c1C)C(=O)NC[C@]21CCCNC1. The summed E-state index contributed by atoms with van der Waals surface area (Å²) in [6, 6.07) is 6.74. The molecule has 0 radical (unpaired) electrons. The first kappa shape index (κ1) is 20.5. The number of carbonyl (C=O) groups is 1. The van der Waals surface area contributed by atoms with E-state index in [1.165, 1.54) is 6.07 Å². The third-order valence-electron chi connectivity index (χ3n) is 6.62. The molecule has 32 heavy (non-hydrogen) atoms. The third-order valence-corrected chi connectivity index (χ3v) is 6.62. The van der Waals surface area contributed by atoms with Crippen LogP contribution >= 0.6 is 0 Å². The van der Waals surface area contributed by atoms with Crippen LogP contribution in [0.15, 0.2) is 36.7 Å². The van der Waals surface area contributed by atoms with Crippen LogP contribution in [0.4, 0.5) is 15.8 Å². The van der Waals surface area contributed by atoms with Crippen LogP contribution in [-0.4, -0.2) is 42.6 Å². The first-order chi connectivity index (χ1) is 15.5. The number of H-pyrrole nitrogens is 1. The number of ether oxygens (including phenoxy) is 1. The first-order valence-corrected chi connectivity index (χ1v) is 10.8. The number of halogens is 1. The minimum absolute atomic E-state index is 0.150. The highest BCUT2D eigenvalue weighted by Gasteiger charge is 2.44. The van der Waals surface area contributed by atoms with E-state index in [9.17, 15) is 9.18 Å². The molecule has 1 spiro atoms. The number of benzene rings is 1. The van der Waals surface area contributed by atoms with Crippen LogP contribution in [0.1, 0.15) is 34.5 Å². The van der Waals surface area contributed by atoms with Gasteiger partial charge < -0.3 is 25.7 Å². The number of amides is 1. The van der Waals surface area contributed by atoms with Gasteiger partial charge in [0.2, 0.25) is 0 Å². The normalized spacial score (nSPS) is 20.0. The second-order valence-electron chi connectivity index (χ2n) is 8.48. The van der Waals surface area contributed by atoms with E-state index in [2.05, 4.69) is 25.9 Å². The molecule has 7 nitrogen and oxygen atoms in total. The maximum absolute atomic E-state index is 14.3. The number of carbonyl (C=O) groups excluding carboxylic acids is 1. The summed E-state index contributed by atoms with van der Waals surface area (Å²) < 4.78 is 19.8. The van der Waals surface area contributed by atoms with Gasteiger partial charge in [0.15, 0.2) is 0 Å². The van der Waals surface area contributed by atoms with Crippen molar-refractivity contribution in [1.29, 1.82) is 0 Å². The molecular formula is C24H26FN5O2. The van der Waals surface area contributed by atoms with Crippen molar-refractivity contribution in [2.45, 2.75) is 25.2 Å². The van der Waals surface area contributed by atoms with Crippen molar-refractivity contribution < 1.29 is 13.9 Å². The summed E-state index contributed by atoms with van der Waals surface area (Å²) in [7, 11) is 1.59. The average molecular weight is 436 g/mol. The maximum Gasteiger partial charge on any atom is 0.255 e. The molecule has 4 heterocycles. The van der Waals surface area contributed by atoms with E-state index in [1.807, 2.05) is 12.1 Å². The van der Waals surface area contributed by atoms with Crippen LogP contribution in [0.25, 0.3) is 11.3 Å². The molecular weight excluding hydrogens is 409 g/mol. The van der Waals surface area contributed by atoms with Crippen LogP contribution < -0.4 is 20.7 Å². The minimum Gasteiger partial charge on any atom is -0.494 e. The molecule has 166 valence electrons. The molecule has 0 saturated carbocycles. The van der Waals surface area contributed by atoms with Gasteiger partial charge in [-0.1, -0.05) is 6.07 Å². The molecule has 2 aliphatic rings. The Bertz CT molecular complexity index is 1180. The molecule has 4 N–H and O–H groups in total. The summed E-state index contributed by atoms with van der Waals surface area (Å²) in [6.07, 6.45) is 5.31. The maximum atomic E-state index is 14.3. The Labute approximate surface area is 185 Å². The molecule has 1 amide bonds. The lowest BCUT2D eigenvalue weighted by Gasteiger charge is -2.40.